The summed E-state index contributed by atoms with van der Waals surface area (Å²) in [6.07, 6.45) is 6.00. The molecular formula is C16H14Br2N2O4S. The molecule has 0 saturated carbocycles. The second-order valence-corrected chi connectivity index (χ2v) is 9.48. The van der Waals surface area contributed by atoms with Crippen LogP contribution in [-0.4, -0.2) is 23.2 Å². The first-order valence-corrected chi connectivity index (χ1v) is 10.7. The van der Waals surface area contributed by atoms with Crippen molar-refractivity contribution in [3.05, 3.63) is 44.4 Å². The van der Waals surface area contributed by atoms with Gasteiger partial charge in [0.05, 0.1) is 5.69 Å². The van der Waals surface area contributed by atoms with Gasteiger partial charge >= 0.3 is 0 Å². The zero-order valence-corrected chi connectivity index (χ0v) is 16.8. The number of benzene rings is 1. The lowest BCUT2D eigenvalue weighted by Crippen LogP contribution is -2.15. The highest BCUT2D eigenvalue weighted by Crippen LogP contribution is 2.54. The largest absolute Gasteiger partial charge is 0.494 e. The molecule has 0 unspecified atom stereocenters. The van der Waals surface area contributed by atoms with E-state index in [0.29, 0.717) is 5.69 Å². The molecule has 1 heterocycles. The van der Waals surface area contributed by atoms with Crippen molar-refractivity contribution in [2.75, 3.05) is 0 Å². The van der Waals surface area contributed by atoms with Crippen molar-refractivity contribution in [1.82, 2.24) is 4.57 Å². The van der Waals surface area contributed by atoms with Crippen LogP contribution < -0.4 is 5.14 Å². The number of aromatic hydroxyl groups is 2. The number of rotatable bonds is 2. The fourth-order valence-corrected chi connectivity index (χ4v) is 6.98. The number of nitrogens with two attached hydrogens (primary N) is 1. The summed E-state index contributed by atoms with van der Waals surface area (Å²) in [5.74, 6) is 0.132. The molecule has 5 rings (SSSR count). The number of sulfonamides is 1. The van der Waals surface area contributed by atoms with Gasteiger partial charge in [-0.3, -0.25) is 4.57 Å². The first kappa shape index (κ1) is 17.1. The van der Waals surface area contributed by atoms with Crippen molar-refractivity contribution in [3.8, 4) is 17.4 Å². The van der Waals surface area contributed by atoms with Gasteiger partial charge in [0.1, 0.15) is 4.90 Å². The Morgan fingerprint density at radius 3 is 1.80 bits per heavy atom. The molecule has 0 aliphatic heterocycles. The Balaban J connectivity index is 1.95. The van der Waals surface area contributed by atoms with E-state index in [1.165, 1.54) is 16.7 Å². The number of hydrogen-bond acceptors (Lipinski definition) is 4. The van der Waals surface area contributed by atoms with Crippen LogP contribution in [0.4, 0.5) is 0 Å². The van der Waals surface area contributed by atoms with E-state index in [9.17, 15) is 18.6 Å². The maximum atomic E-state index is 11.7. The van der Waals surface area contributed by atoms with Gasteiger partial charge in [-0.15, -0.1) is 0 Å². The Morgan fingerprint density at radius 1 is 1.00 bits per heavy atom. The molecule has 2 atom stereocenters. The van der Waals surface area contributed by atoms with Crippen molar-refractivity contribution >= 4 is 41.9 Å². The molecule has 1 aromatic heterocycles. The number of hydrogen-bond donors (Lipinski definition) is 3. The van der Waals surface area contributed by atoms with Crippen molar-refractivity contribution in [3.63, 3.8) is 0 Å². The molecule has 0 spiro atoms. The zero-order chi connectivity index (χ0) is 18.1. The Labute approximate surface area is 161 Å². The van der Waals surface area contributed by atoms with Crippen LogP contribution in [0.2, 0.25) is 0 Å². The normalized spacial score (nSPS) is 21.6. The average molecular weight is 490 g/mol. The second kappa shape index (κ2) is 5.60. The monoisotopic (exact) mass is 488 g/mol. The van der Waals surface area contributed by atoms with Crippen LogP contribution in [0.15, 0.2) is 38.1 Å². The lowest BCUT2D eigenvalue weighted by atomic mass is 9.73. The number of aromatic nitrogens is 1. The summed E-state index contributed by atoms with van der Waals surface area (Å²) in [5.41, 5.74) is 1.92. The molecule has 1 aromatic carbocycles. The highest BCUT2D eigenvalue weighted by molar-refractivity contribution is 9.11. The first-order chi connectivity index (χ1) is 11.7. The SMILES string of the molecule is NS(=O)(=O)c1c(Br)cc(-n2c(O)c3c(c2O)[C@H]2C=C[C@@H]3CC2)cc1Br. The molecule has 2 aromatic rings. The molecule has 0 amide bonds. The van der Waals surface area contributed by atoms with E-state index in [1.54, 1.807) is 0 Å². The number of primary sulfonamides is 1. The Hall–Kier alpha value is -1.29. The summed E-state index contributed by atoms with van der Waals surface area (Å²) in [5, 5.41) is 26.7. The lowest BCUT2D eigenvalue weighted by Gasteiger charge is -2.30. The number of allylic oxidation sites excluding steroid dienone is 2. The van der Waals surface area contributed by atoms with Gasteiger partial charge in [0.2, 0.25) is 21.8 Å². The predicted octanol–water partition coefficient (Wildman–Crippen LogP) is 3.59. The van der Waals surface area contributed by atoms with Gasteiger partial charge in [-0.25, -0.2) is 13.6 Å². The quantitative estimate of drug-likeness (QED) is 0.560. The van der Waals surface area contributed by atoms with E-state index in [2.05, 4.69) is 44.0 Å². The fourth-order valence-electron chi connectivity index (χ4n) is 3.81. The Morgan fingerprint density at radius 2 is 1.44 bits per heavy atom. The summed E-state index contributed by atoms with van der Waals surface area (Å²) < 4.78 is 25.2. The Kier molecular flexibility index (Phi) is 3.84. The third-order valence-electron chi connectivity index (χ3n) is 4.83. The second-order valence-electron chi connectivity index (χ2n) is 6.27. The molecule has 6 nitrogen and oxygen atoms in total. The van der Waals surface area contributed by atoms with Crippen LogP contribution in [0.3, 0.4) is 0 Å². The summed E-state index contributed by atoms with van der Waals surface area (Å²) in [7, 11) is -3.93. The third kappa shape index (κ3) is 2.48. The first-order valence-electron chi connectivity index (χ1n) is 7.57. The molecule has 0 radical (unpaired) electrons. The standard InChI is InChI=1S/C16H14Br2N2O4S/c17-10-5-9(6-11(18)14(10)25(19,23)24)20-15(21)12-7-1-2-8(4-3-7)13(12)16(20)22/h1-2,5-8,21-22H,3-4H2,(H2,19,23,24)/t7-,8+. The van der Waals surface area contributed by atoms with Crippen LogP contribution in [0, 0.1) is 0 Å². The van der Waals surface area contributed by atoms with Crippen LogP contribution in [0.5, 0.6) is 11.8 Å². The van der Waals surface area contributed by atoms with Gasteiger partial charge < -0.3 is 10.2 Å². The predicted molar refractivity (Wildman–Crippen MR) is 99.7 cm³/mol. The summed E-state index contributed by atoms with van der Waals surface area (Å²) in [4.78, 5) is -0.0890. The van der Waals surface area contributed by atoms with Gasteiger partial charge in [0.25, 0.3) is 0 Å². The van der Waals surface area contributed by atoms with E-state index in [-0.39, 0.29) is 37.4 Å². The average Bonchev–Trinajstić information content (AvgIpc) is 2.80. The summed E-state index contributed by atoms with van der Waals surface area (Å²) in [6, 6.07) is 3.01. The molecule has 9 heteroatoms. The molecule has 0 saturated heterocycles. The smallest absolute Gasteiger partial charge is 0.240 e. The van der Waals surface area contributed by atoms with E-state index in [0.717, 1.165) is 24.0 Å². The van der Waals surface area contributed by atoms with E-state index < -0.39 is 10.0 Å². The van der Waals surface area contributed by atoms with Gasteiger partial charge in [0.15, 0.2) is 0 Å². The summed E-state index contributed by atoms with van der Waals surface area (Å²) in [6.45, 7) is 0. The minimum absolute atomic E-state index is 0.0197. The zero-order valence-electron chi connectivity index (χ0n) is 12.8. The van der Waals surface area contributed by atoms with E-state index >= 15 is 0 Å². The van der Waals surface area contributed by atoms with Gasteiger partial charge in [-0.1, -0.05) is 12.2 Å². The molecule has 132 valence electrons. The van der Waals surface area contributed by atoms with Crippen molar-refractivity contribution < 1.29 is 18.6 Å². The van der Waals surface area contributed by atoms with Gasteiger partial charge in [-0.05, 0) is 56.8 Å². The van der Waals surface area contributed by atoms with Crippen LogP contribution in [-0.2, 0) is 10.0 Å². The van der Waals surface area contributed by atoms with E-state index in [4.69, 9.17) is 5.14 Å². The number of fused-ring (bicyclic) bond motifs is 1. The van der Waals surface area contributed by atoms with Gasteiger partial charge in [-0.2, -0.15) is 0 Å². The van der Waals surface area contributed by atoms with E-state index in [1.807, 2.05) is 0 Å². The summed E-state index contributed by atoms with van der Waals surface area (Å²) >= 11 is 6.42. The minimum atomic E-state index is -3.93. The molecule has 3 aliphatic carbocycles. The molecular weight excluding hydrogens is 476 g/mol. The maximum Gasteiger partial charge on any atom is 0.240 e. The Bertz CT molecular complexity index is 982. The van der Waals surface area contributed by atoms with Crippen molar-refractivity contribution in [2.24, 2.45) is 5.14 Å². The van der Waals surface area contributed by atoms with Gasteiger partial charge in [0, 0.05) is 31.9 Å². The van der Waals surface area contributed by atoms with Crippen LogP contribution in [0.1, 0.15) is 35.8 Å². The molecule has 0 fully saturated rings. The fraction of sp³-hybridized carbons (Fsp3) is 0.250. The topological polar surface area (TPSA) is 106 Å². The van der Waals surface area contributed by atoms with Crippen molar-refractivity contribution in [2.45, 2.75) is 29.6 Å². The molecule has 3 aliphatic rings. The number of nitrogens with zero attached hydrogens (tertiary/aromatic N) is 1. The highest BCUT2D eigenvalue weighted by Gasteiger charge is 2.38. The van der Waals surface area contributed by atoms with Crippen LogP contribution in [0.25, 0.3) is 5.69 Å². The highest BCUT2D eigenvalue weighted by atomic mass is 79.9. The molecule has 2 bridgehead atoms. The minimum Gasteiger partial charge on any atom is -0.494 e. The maximum absolute atomic E-state index is 11.7. The number of halogens is 2. The molecule has 25 heavy (non-hydrogen) atoms. The van der Waals surface area contributed by atoms with Crippen molar-refractivity contribution in [1.29, 1.82) is 0 Å². The molecule has 4 N–H and O–H groups in total. The third-order valence-corrected chi connectivity index (χ3v) is 7.61. The lowest BCUT2D eigenvalue weighted by molar-refractivity contribution is 0.399. The van der Waals surface area contributed by atoms with Crippen LogP contribution >= 0.6 is 31.9 Å².